The minimum Gasteiger partial charge on any atom is -0.375 e. The van der Waals surface area contributed by atoms with Crippen molar-refractivity contribution in [3.63, 3.8) is 0 Å². The third kappa shape index (κ3) is 3.86. The number of nitrogens with zero attached hydrogens (tertiary/aromatic N) is 5. The maximum Gasteiger partial charge on any atom is 0.256 e. The number of anilines is 2. The molecule has 2 aromatic heterocycles. The normalized spacial score (nSPS) is 14.9. The topological polar surface area (TPSA) is 99.1 Å². The van der Waals surface area contributed by atoms with Crippen molar-refractivity contribution >= 4 is 60.8 Å². The Bertz CT molecular complexity index is 1580. The summed E-state index contributed by atoms with van der Waals surface area (Å²) in [5.41, 5.74) is 6.83. The van der Waals surface area contributed by atoms with E-state index >= 15 is 4.39 Å². The summed E-state index contributed by atoms with van der Waals surface area (Å²) in [7, 11) is 0. The van der Waals surface area contributed by atoms with Gasteiger partial charge in [-0.25, -0.2) is 18.2 Å². The van der Waals surface area contributed by atoms with Crippen LogP contribution in [0.5, 0.6) is 0 Å². The molecule has 0 bridgehead atoms. The van der Waals surface area contributed by atoms with Crippen LogP contribution in [-0.2, 0) is 4.79 Å². The summed E-state index contributed by atoms with van der Waals surface area (Å²) in [6.07, 6.45) is -0.328. The quantitative estimate of drug-likeness (QED) is 0.404. The van der Waals surface area contributed by atoms with E-state index in [0.29, 0.717) is 24.2 Å². The van der Waals surface area contributed by atoms with Gasteiger partial charge in [-0.1, -0.05) is 22.9 Å². The van der Waals surface area contributed by atoms with Gasteiger partial charge < -0.3 is 15.5 Å². The summed E-state index contributed by atoms with van der Waals surface area (Å²) in [6, 6.07) is 6.19. The molecule has 1 aliphatic heterocycles. The van der Waals surface area contributed by atoms with Crippen LogP contribution in [-0.4, -0.2) is 53.1 Å². The number of thiazole rings is 1. The number of rotatable bonds is 3. The highest BCUT2D eigenvalue weighted by Gasteiger charge is 2.28. The van der Waals surface area contributed by atoms with Gasteiger partial charge >= 0.3 is 0 Å². The fourth-order valence-electron chi connectivity index (χ4n) is 4.52. The number of hydrogen-bond donors (Lipinski definition) is 1. The molecule has 0 radical (unpaired) electrons. The van der Waals surface area contributed by atoms with Crippen molar-refractivity contribution in [3.8, 4) is 17.2 Å². The molecule has 1 unspecified atom stereocenters. The number of benzene rings is 2. The number of amides is 1. The Balaban J connectivity index is 1.64. The second-order valence-corrected chi connectivity index (χ2v) is 9.77. The third-order valence-electron chi connectivity index (χ3n) is 6.18. The molecular weight excluding hydrogens is 513 g/mol. The first-order chi connectivity index (χ1) is 17.2. The fourth-order valence-corrected chi connectivity index (χ4v) is 5.57. The lowest BCUT2D eigenvalue weighted by molar-refractivity contribution is -0.136. The van der Waals surface area contributed by atoms with E-state index in [-0.39, 0.29) is 55.7 Å². The number of nitrogen functional groups attached to an aromatic ring is 1. The standard InChI is InChI=1S/C24H18ClF3N6OS/c1-11(26)23(35)34-6-4-33(5-7-34)21-12(9-29)10-31-19-14(21)8-15(25)17(18(19)28)13-2-3-16(27)22-20(13)32-24(30)36-22/h2-3,8,10-11H,4-7H2,1H3,(H2,30,32). The monoisotopic (exact) mass is 530 g/mol. The second kappa shape index (κ2) is 9.11. The highest BCUT2D eigenvalue weighted by Crippen LogP contribution is 2.43. The summed E-state index contributed by atoms with van der Waals surface area (Å²) in [5.74, 6) is -1.87. The zero-order valence-electron chi connectivity index (χ0n) is 18.9. The average molecular weight is 531 g/mol. The molecule has 3 heterocycles. The predicted molar refractivity (Wildman–Crippen MR) is 134 cm³/mol. The highest BCUT2D eigenvalue weighted by molar-refractivity contribution is 7.22. The summed E-state index contributed by atoms with van der Waals surface area (Å²) in [6.45, 7) is 2.30. The molecule has 1 fully saturated rings. The van der Waals surface area contributed by atoms with E-state index in [1.807, 2.05) is 4.90 Å². The minimum atomic E-state index is -1.61. The number of aromatic nitrogens is 2. The van der Waals surface area contributed by atoms with Crippen LogP contribution in [0.25, 0.3) is 32.2 Å². The number of pyridine rings is 1. The molecule has 4 aromatic rings. The molecule has 0 saturated carbocycles. The van der Waals surface area contributed by atoms with E-state index in [1.165, 1.54) is 36.2 Å². The van der Waals surface area contributed by atoms with Crippen molar-refractivity contribution < 1.29 is 18.0 Å². The smallest absolute Gasteiger partial charge is 0.256 e. The molecule has 1 aliphatic rings. The maximum atomic E-state index is 16.0. The van der Waals surface area contributed by atoms with Crippen molar-refractivity contribution in [1.29, 1.82) is 5.26 Å². The Hall–Kier alpha value is -3.62. The molecule has 0 aliphatic carbocycles. The van der Waals surface area contributed by atoms with Gasteiger partial charge in [0, 0.05) is 48.9 Å². The Morgan fingerprint density at radius 3 is 2.64 bits per heavy atom. The molecule has 2 N–H and O–H groups in total. The van der Waals surface area contributed by atoms with Crippen LogP contribution in [0.15, 0.2) is 24.4 Å². The lowest BCUT2D eigenvalue weighted by atomic mass is 9.99. The van der Waals surface area contributed by atoms with Gasteiger partial charge in [0.2, 0.25) is 0 Å². The Labute approximate surface area is 212 Å². The number of halogens is 4. The molecule has 36 heavy (non-hydrogen) atoms. The molecule has 184 valence electrons. The van der Waals surface area contributed by atoms with Crippen molar-refractivity contribution in [2.45, 2.75) is 13.1 Å². The molecule has 0 spiro atoms. The summed E-state index contributed by atoms with van der Waals surface area (Å²) < 4.78 is 44.0. The number of hydrogen-bond acceptors (Lipinski definition) is 7. The van der Waals surface area contributed by atoms with Gasteiger partial charge in [0.25, 0.3) is 5.91 Å². The first kappa shape index (κ1) is 24.1. The van der Waals surface area contributed by atoms with Crippen molar-refractivity contribution in [3.05, 3.63) is 46.6 Å². The van der Waals surface area contributed by atoms with Crippen LogP contribution < -0.4 is 10.6 Å². The fraction of sp³-hybridized carbons (Fsp3) is 0.250. The van der Waals surface area contributed by atoms with Crippen molar-refractivity contribution in [1.82, 2.24) is 14.9 Å². The summed E-state index contributed by atoms with van der Waals surface area (Å²) in [5, 5.41) is 10.2. The SMILES string of the molecule is CC(F)C(=O)N1CCN(c2c(C#N)cnc3c(F)c(-c4ccc(F)c5sc(N)nc45)c(Cl)cc23)CC1. The Kier molecular flexibility index (Phi) is 6.10. The van der Waals surface area contributed by atoms with E-state index < -0.39 is 23.7 Å². The number of fused-ring (bicyclic) bond motifs is 2. The largest absolute Gasteiger partial charge is 0.375 e. The predicted octanol–water partition coefficient (Wildman–Crippen LogP) is 4.90. The maximum absolute atomic E-state index is 16.0. The second-order valence-electron chi connectivity index (χ2n) is 8.33. The lowest BCUT2D eigenvalue weighted by Crippen LogP contribution is -2.50. The Morgan fingerprint density at radius 2 is 1.97 bits per heavy atom. The number of carbonyl (C=O) groups is 1. The van der Waals surface area contributed by atoms with Crippen molar-refractivity contribution in [2.75, 3.05) is 36.8 Å². The number of piperazine rings is 1. The first-order valence-corrected chi connectivity index (χ1v) is 12.1. The first-order valence-electron chi connectivity index (χ1n) is 10.9. The van der Waals surface area contributed by atoms with E-state index in [9.17, 15) is 18.8 Å². The van der Waals surface area contributed by atoms with Crippen LogP contribution in [0, 0.1) is 23.0 Å². The number of alkyl halides is 1. The highest BCUT2D eigenvalue weighted by atomic mass is 35.5. The number of carbonyl (C=O) groups excluding carboxylic acids is 1. The summed E-state index contributed by atoms with van der Waals surface area (Å²) >= 11 is 7.53. The average Bonchev–Trinajstić information content (AvgIpc) is 3.26. The number of nitrogens with two attached hydrogens (primary N) is 1. The van der Waals surface area contributed by atoms with Crippen LogP contribution in [0.4, 0.5) is 24.0 Å². The van der Waals surface area contributed by atoms with Crippen LogP contribution in [0.2, 0.25) is 5.02 Å². The molecule has 1 amide bonds. The van der Waals surface area contributed by atoms with E-state index in [2.05, 4.69) is 16.0 Å². The molecular formula is C24H18ClF3N6OS. The number of nitriles is 1. The van der Waals surface area contributed by atoms with Gasteiger partial charge in [0.05, 0.1) is 26.5 Å². The van der Waals surface area contributed by atoms with Gasteiger partial charge in [-0.05, 0) is 25.1 Å². The third-order valence-corrected chi connectivity index (χ3v) is 7.37. The van der Waals surface area contributed by atoms with Gasteiger partial charge in [-0.3, -0.25) is 9.78 Å². The van der Waals surface area contributed by atoms with Crippen LogP contribution >= 0.6 is 22.9 Å². The van der Waals surface area contributed by atoms with Gasteiger partial charge in [0.15, 0.2) is 17.1 Å². The zero-order valence-corrected chi connectivity index (χ0v) is 20.4. The van der Waals surface area contributed by atoms with Crippen molar-refractivity contribution in [2.24, 2.45) is 0 Å². The lowest BCUT2D eigenvalue weighted by Gasteiger charge is -2.37. The minimum absolute atomic E-state index is 0.00465. The van der Waals surface area contributed by atoms with Gasteiger partial charge in [0.1, 0.15) is 17.4 Å². The molecule has 7 nitrogen and oxygen atoms in total. The molecule has 5 rings (SSSR count). The summed E-state index contributed by atoms with van der Waals surface area (Å²) in [4.78, 5) is 23.6. The molecule has 1 atom stereocenters. The van der Waals surface area contributed by atoms with E-state index in [1.54, 1.807) is 0 Å². The van der Waals surface area contributed by atoms with Crippen LogP contribution in [0.3, 0.4) is 0 Å². The van der Waals surface area contributed by atoms with E-state index in [4.69, 9.17) is 17.3 Å². The zero-order chi connectivity index (χ0) is 25.7. The molecule has 1 saturated heterocycles. The van der Waals surface area contributed by atoms with Crippen LogP contribution in [0.1, 0.15) is 12.5 Å². The molecule has 2 aromatic carbocycles. The van der Waals surface area contributed by atoms with E-state index in [0.717, 1.165) is 11.3 Å². The van der Waals surface area contributed by atoms with Gasteiger partial charge in [-0.2, -0.15) is 5.26 Å². The molecule has 12 heteroatoms. The van der Waals surface area contributed by atoms with Gasteiger partial charge in [-0.15, -0.1) is 0 Å². The Morgan fingerprint density at radius 1 is 1.25 bits per heavy atom.